The number of hydrogen-bond donors (Lipinski definition) is 2. The van der Waals surface area contributed by atoms with E-state index < -0.39 is 31.7 Å². The summed E-state index contributed by atoms with van der Waals surface area (Å²) in [5.41, 5.74) is 3.55. The summed E-state index contributed by atoms with van der Waals surface area (Å²) in [6.07, 6.45) is 3.55. The number of alkyl halides is 2. The summed E-state index contributed by atoms with van der Waals surface area (Å²) in [4.78, 5) is 9.91. The first kappa shape index (κ1) is 23.7. The molecule has 0 radical (unpaired) electrons. The lowest BCUT2D eigenvalue weighted by Gasteiger charge is -1.92. The van der Waals surface area contributed by atoms with Gasteiger partial charge in [0.2, 0.25) is 0 Å². The fraction of sp³-hybridized carbons (Fsp3) is 0.400. The van der Waals surface area contributed by atoms with Crippen molar-refractivity contribution in [3.8, 4) is 0 Å². The molecule has 2 rings (SSSR count). The second-order valence-electron chi connectivity index (χ2n) is 3.77. The zero-order valence-electron chi connectivity index (χ0n) is 11.9. The smallest absolute Gasteiger partial charge is 0.265 e. The first-order valence-electron chi connectivity index (χ1n) is 5.84. The minimum Gasteiger partial charge on any atom is -0.286 e. The van der Waals surface area contributed by atoms with E-state index in [1.54, 1.807) is 46.1 Å². The van der Waals surface area contributed by atoms with Gasteiger partial charge >= 0.3 is 0 Å². The van der Waals surface area contributed by atoms with Crippen LogP contribution in [0.15, 0.2) is 23.4 Å². The van der Waals surface area contributed by atoms with E-state index in [-0.39, 0.29) is 0 Å². The summed E-state index contributed by atoms with van der Waals surface area (Å²) in [6, 6.07) is 0. The van der Waals surface area contributed by atoms with E-state index in [9.17, 15) is 16.8 Å². The standard InChI is InChI=1S/2C4H4ClNS.C2H6O6S2/c2*5-1-4-2-6-3-7-4;3-9(4,5)1-2-10(6,7)8/h2*2-3H,1H2;1-2H2,(H,3,4,5)(H,6,7,8). The van der Waals surface area contributed by atoms with Gasteiger partial charge in [0.1, 0.15) is 0 Å². The van der Waals surface area contributed by atoms with Crippen molar-refractivity contribution < 1.29 is 25.9 Å². The van der Waals surface area contributed by atoms with Crippen molar-refractivity contribution in [2.45, 2.75) is 11.8 Å². The Morgan fingerprint density at radius 1 is 0.833 bits per heavy atom. The summed E-state index contributed by atoms with van der Waals surface area (Å²) in [7, 11) is -8.59. The minimum absolute atomic E-state index is 0.588. The van der Waals surface area contributed by atoms with Crippen LogP contribution in [0, 0.1) is 0 Å². The van der Waals surface area contributed by atoms with Gasteiger partial charge in [0.15, 0.2) is 0 Å². The number of rotatable bonds is 5. The van der Waals surface area contributed by atoms with E-state index in [0.717, 1.165) is 9.75 Å². The normalized spacial score (nSPS) is 11.0. The van der Waals surface area contributed by atoms with Gasteiger partial charge in [-0.2, -0.15) is 16.8 Å². The SMILES string of the molecule is ClCc1cncs1.ClCc1cncs1.O=S(=O)(O)CCS(=O)(=O)O. The van der Waals surface area contributed by atoms with Crippen molar-refractivity contribution in [3.05, 3.63) is 33.2 Å². The Hall–Kier alpha value is -0.340. The van der Waals surface area contributed by atoms with Crippen LogP contribution in [0.3, 0.4) is 0 Å². The number of halogens is 2. The van der Waals surface area contributed by atoms with Crippen LogP contribution in [0.4, 0.5) is 0 Å². The van der Waals surface area contributed by atoms with Crippen LogP contribution in [-0.2, 0) is 32.0 Å². The van der Waals surface area contributed by atoms with Gasteiger partial charge < -0.3 is 0 Å². The predicted octanol–water partition coefficient (Wildman–Crippen LogP) is 2.53. The molecule has 0 bridgehead atoms. The molecular weight excluding hydrogens is 443 g/mol. The number of aromatic nitrogens is 2. The summed E-state index contributed by atoms with van der Waals surface area (Å²) in [5, 5.41) is 0. The highest BCUT2D eigenvalue weighted by molar-refractivity contribution is 7.89. The first-order valence-corrected chi connectivity index (χ1v) is 11.9. The maximum atomic E-state index is 9.86. The number of nitrogens with zero attached hydrogens (tertiary/aromatic N) is 2. The number of hydrogen-bond acceptors (Lipinski definition) is 8. The van der Waals surface area contributed by atoms with Crippen molar-refractivity contribution in [3.63, 3.8) is 0 Å². The van der Waals surface area contributed by atoms with Gasteiger partial charge in [0, 0.05) is 22.1 Å². The topological polar surface area (TPSA) is 135 Å². The molecule has 0 unspecified atom stereocenters. The minimum atomic E-state index is -4.30. The molecule has 0 saturated heterocycles. The van der Waals surface area contributed by atoms with Gasteiger partial charge in [0.25, 0.3) is 20.2 Å². The highest BCUT2D eigenvalue weighted by atomic mass is 35.5. The average molecular weight is 457 g/mol. The quantitative estimate of drug-likeness (QED) is 0.517. The Bertz CT molecular complexity index is 681. The zero-order chi connectivity index (χ0) is 18.6. The molecule has 0 spiro atoms. The van der Waals surface area contributed by atoms with Gasteiger partial charge in [0.05, 0.1) is 34.3 Å². The van der Waals surface area contributed by atoms with Crippen LogP contribution in [0.2, 0.25) is 0 Å². The first-order chi connectivity index (χ1) is 11.1. The average Bonchev–Trinajstić information content (AvgIpc) is 3.18. The second-order valence-corrected chi connectivity index (χ2v) is 9.40. The third-order valence-corrected chi connectivity index (χ3v) is 5.98. The molecule has 0 aliphatic carbocycles. The van der Waals surface area contributed by atoms with Gasteiger partial charge in [-0.3, -0.25) is 19.1 Å². The molecule has 2 aromatic rings. The van der Waals surface area contributed by atoms with Crippen molar-refractivity contribution in [1.29, 1.82) is 0 Å². The second kappa shape index (κ2) is 12.1. The zero-order valence-corrected chi connectivity index (χ0v) is 16.7. The molecule has 0 amide bonds. The molecular formula is C10H14Cl2N2O6S4. The van der Waals surface area contributed by atoms with Crippen molar-refractivity contribution in [2.75, 3.05) is 11.5 Å². The predicted molar refractivity (Wildman–Crippen MR) is 96.2 cm³/mol. The Morgan fingerprint density at radius 2 is 1.17 bits per heavy atom. The van der Waals surface area contributed by atoms with Gasteiger partial charge in [-0.1, -0.05) is 0 Å². The summed E-state index contributed by atoms with van der Waals surface area (Å²) >= 11 is 14.0. The summed E-state index contributed by atoms with van der Waals surface area (Å²) in [5.74, 6) is -0.785. The molecule has 0 atom stereocenters. The van der Waals surface area contributed by atoms with Gasteiger partial charge in [-0.05, 0) is 0 Å². The Balaban J connectivity index is 0.000000337. The Kier molecular flexibility index (Phi) is 11.9. The van der Waals surface area contributed by atoms with E-state index >= 15 is 0 Å². The van der Waals surface area contributed by atoms with E-state index in [1.807, 2.05) is 0 Å². The molecule has 2 aromatic heterocycles. The molecule has 138 valence electrons. The molecule has 0 fully saturated rings. The maximum absolute atomic E-state index is 9.86. The Labute approximate surface area is 158 Å². The van der Waals surface area contributed by atoms with E-state index in [1.165, 1.54) is 0 Å². The molecule has 2 N–H and O–H groups in total. The molecule has 0 aliphatic heterocycles. The van der Waals surface area contributed by atoms with Crippen LogP contribution in [-0.4, -0.2) is 47.4 Å². The summed E-state index contributed by atoms with van der Waals surface area (Å²) < 4.78 is 55.4. The third-order valence-electron chi connectivity index (χ3n) is 1.83. The van der Waals surface area contributed by atoms with Crippen LogP contribution in [0.25, 0.3) is 0 Å². The monoisotopic (exact) mass is 456 g/mol. The van der Waals surface area contributed by atoms with Crippen LogP contribution >= 0.6 is 45.9 Å². The molecule has 0 saturated carbocycles. The van der Waals surface area contributed by atoms with Crippen molar-refractivity contribution >= 4 is 66.1 Å². The maximum Gasteiger partial charge on any atom is 0.265 e. The van der Waals surface area contributed by atoms with E-state index in [4.69, 9.17) is 32.3 Å². The van der Waals surface area contributed by atoms with E-state index in [0.29, 0.717) is 11.8 Å². The fourth-order valence-electron chi connectivity index (χ4n) is 0.827. The lowest BCUT2D eigenvalue weighted by atomic mass is 10.6. The highest BCUT2D eigenvalue weighted by Gasteiger charge is 2.11. The Morgan fingerprint density at radius 3 is 1.29 bits per heavy atom. The van der Waals surface area contributed by atoms with Crippen LogP contribution < -0.4 is 0 Å². The van der Waals surface area contributed by atoms with E-state index in [2.05, 4.69) is 9.97 Å². The molecule has 2 heterocycles. The van der Waals surface area contributed by atoms with Crippen molar-refractivity contribution in [1.82, 2.24) is 9.97 Å². The lowest BCUT2D eigenvalue weighted by molar-refractivity contribution is 0.472. The highest BCUT2D eigenvalue weighted by Crippen LogP contribution is 2.07. The number of thiazole rings is 2. The summed E-state index contributed by atoms with van der Waals surface area (Å²) in [6.45, 7) is 0. The van der Waals surface area contributed by atoms with Crippen molar-refractivity contribution in [2.24, 2.45) is 0 Å². The van der Waals surface area contributed by atoms with Gasteiger partial charge in [-0.15, -0.1) is 45.9 Å². The lowest BCUT2D eigenvalue weighted by Crippen LogP contribution is -2.15. The third kappa shape index (κ3) is 15.2. The molecule has 8 nitrogen and oxygen atoms in total. The van der Waals surface area contributed by atoms with Crippen LogP contribution in [0.5, 0.6) is 0 Å². The molecule has 24 heavy (non-hydrogen) atoms. The molecule has 0 aliphatic rings. The van der Waals surface area contributed by atoms with Crippen LogP contribution in [0.1, 0.15) is 9.75 Å². The van der Waals surface area contributed by atoms with Gasteiger partial charge in [-0.25, -0.2) is 0 Å². The molecule has 0 aromatic carbocycles. The molecule has 14 heteroatoms. The largest absolute Gasteiger partial charge is 0.286 e. The fourth-order valence-corrected chi connectivity index (χ4v) is 3.91.